The van der Waals surface area contributed by atoms with Crippen molar-refractivity contribution in [3.8, 4) is 0 Å². The Bertz CT molecular complexity index is 834. The third-order valence-electron chi connectivity index (χ3n) is 3.04. The van der Waals surface area contributed by atoms with Gasteiger partial charge in [0.15, 0.2) is 9.84 Å². The smallest absolute Gasteiger partial charge is 0.307 e. The molecule has 0 bridgehead atoms. The number of hydrogen-bond acceptors (Lipinski definition) is 5. The molecule has 0 saturated carbocycles. The zero-order valence-corrected chi connectivity index (χ0v) is 13.7. The molecule has 2 N–H and O–H groups in total. The van der Waals surface area contributed by atoms with Crippen molar-refractivity contribution in [3.05, 3.63) is 50.6 Å². The van der Waals surface area contributed by atoms with E-state index in [-0.39, 0.29) is 27.1 Å². The van der Waals surface area contributed by atoms with Crippen LogP contribution in [0.15, 0.2) is 39.3 Å². The van der Waals surface area contributed by atoms with Crippen LogP contribution in [0.5, 0.6) is 0 Å². The third kappa shape index (κ3) is 3.58. The minimum atomic E-state index is -3.50. The maximum atomic E-state index is 12.3. The van der Waals surface area contributed by atoms with Crippen molar-refractivity contribution in [1.29, 1.82) is 0 Å². The quantitative estimate of drug-likeness (QED) is 0.829. The lowest BCUT2D eigenvalue weighted by Gasteiger charge is -2.07. The van der Waals surface area contributed by atoms with Gasteiger partial charge in [-0.2, -0.15) is 0 Å². The van der Waals surface area contributed by atoms with Crippen molar-refractivity contribution in [2.24, 2.45) is 5.73 Å². The van der Waals surface area contributed by atoms with Gasteiger partial charge in [-0.25, -0.2) is 8.42 Å². The Hall–Kier alpha value is -1.51. The molecule has 0 radical (unpaired) electrons. The summed E-state index contributed by atoms with van der Waals surface area (Å²) in [6.45, 7) is 1.91. The van der Waals surface area contributed by atoms with Gasteiger partial charge >= 0.3 is 4.87 Å². The van der Waals surface area contributed by atoms with Gasteiger partial charge in [-0.05, 0) is 19.1 Å². The topological polar surface area (TPSA) is 82.2 Å². The summed E-state index contributed by atoms with van der Waals surface area (Å²) in [7, 11) is -3.50. The molecule has 2 rings (SSSR count). The predicted octanol–water partition coefficient (Wildman–Crippen LogP) is 1.33. The van der Waals surface area contributed by atoms with E-state index in [2.05, 4.69) is 0 Å². The SMILES string of the molecule is Cc1csc(=O)n1CCS(=O)(=O)c1cccc(C(N)=S)c1. The predicted molar refractivity (Wildman–Crippen MR) is 87.7 cm³/mol. The van der Waals surface area contributed by atoms with Crippen molar-refractivity contribution in [3.63, 3.8) is 0 Å². The maximum Gasteiger partial charge on any atom is 0.307 e. The molecule has 112 valence electrons. The van der Waals surface area contributed by atoms with Crippen LogP contribution in [0.2, 0.25) is 0 Å². The van der Waals surface area contributed by atoms with E-state index in [4.69, 9.17) is 18.0 Å². The minimum absolute atomic E-state index is 0.133. The molecule has 0 aliphatic carbocycles. The summed E-state index contributed by atoms with van der Waals surface area (Å²) in [4.78, 5) is 11.7. The van der Waals surface area contributed by atoms with Gasteiger partial charge in [0, 0.05) is 23.2 Å². The number of aryl methyl sites for hydroxylation is 1. The number of rotatable bonds is 5. The molecule has 1 aromatic carbocycles. The number of nitrogens with zero attached hydrogens (tertiary/aromatic N) is 1. The molecule has 2 aromatic rings. The molecule has 0 aliphatic heterocycles. The Morgan fingerprint density at radius 1 is 1.43 bits per heavy atom. The summed E-state index contributed by atoms with van der Waals surface area (Å²) in [5, 5.41) is 1.71. The van der Waals surface area contributed by atoms with Gasteiger partial charge in [0.05, 0.1) is 10.6 Å². The highest BCUT2D eigenvalue weighted by Gasteiger charge is 2.16. The lowest BCUT2D eigenvalue weighted by Crippen LogP contribution is -2.21. The Kier molecular flexibility index (Phi) is 4.60. The summed E-state index contributed by atoms with van der Waals surface area (Å²) < 4.78 is 26.1. The molecular weight excluding hydrogens is 328 g/mol. The van der Waals surface area contributed by atoms with E-state index >= 15 is 0 Å². The number of sulfone groups is 1. The largest absolute Gasteiger partial charge is 0.389 e. The molecule has 0 fully saturated rings. The normalized spacial score (nSPS) is 11.5. The standard InChI is InChI=1S/C13H14N2O3S3/c1-9-8-20-13(16)15(9)5-6-21(17,18)11-4-2-3-10(7-11)12(14)19/h2-4,7-8H,5-6H2,1H3,(H2,14,19). The number of aromatic nitrogens is 1. The van der Waals surface area contributed by atoms with Gasteiger partial charge in [0.2, 0.25) is 0 Å². The van der Waals surface area contributed by atoms with Crippen LogP contribution in [0.1, 0.15) is 11.3 Å². The average Bonchev–Trinajstić information content (AvgIpc) is 2.76. The molecular formula is C13H14N2O3S3. The van der Waals surface area contributed by atoms with Crippen molar-refractivity contribution >= 4 is 38.4 Å². The van der Waals surface area contributed by atoms with Crippen LogP contribution in [0.3, 0.4) is 0 Å². The zero-order chi connectivity index (χ0) is 15.6. The number of hydrogen-bond donors (Lipinski definition) is 1. The van der Waals surface area contributed by atoms with Gasteiger partial charge < -0.3 is 10.3 Å². The first-order valence-corrected chi connectivity index (χ1v) is 9.03. The Labute approximate surface area is 132 Å². The molecule has 0 saturated heterocycles. The Morgan fingerprint density at radius 3 is 2.71 bits per heavy atom. The monoisotopic (exact) mass is 342 g/mol. The molecule has 0 unspecified atom stereocenters. The van der Waals surface area contributed by atoms with Crippen molar-refractivity contribution in [2.45, 2.75) is 18.4 Å². The zero-order valence-electron chi connectivity index (χ0n) is 11.3. The van der Waals surface area contributed by atoms with Gasteiger partial charge in [-0.3, -0.25) is 4.79 Å². The fourth-order valence-electron chi connectivity index (χ4n) is 1.85. The second-order valence-corrected chi connectivity index (χ2v) is 7.88. The fraction of sp³-hybridized carbons (Fsp3) is 0.231. The Balaban J connectivity index is 2.25. The number of thiocarbonyl (C=S) groups is 1. The Morgan fingerprint density at radius 2 is 2.14 bits per heavy atom. The molecule has 0 spiro atoms. The summed E-state index contributed by atoms with van der Waals surface area (Å²) >= 11 is 5.91. The average molecular weight is 342 g/mol. The van der Waals surface area contributed by atoms with Crippen LogP contribution in [-0.2, 0) is 16.4 Å². The molecule has 1 heterocycles. The second-order valence-electron chi connectivity index (χ2n) is 4.51. The first-order valence-electron chi connectivity index (χ1n) is 6.09. The van der Waals surface area contributed by atoms with E-state index in [9.17, 15) is 13.2 Å². The molecule has 0 amide bonds. The van der Waals surface area contributed by atoms with E-state index in [0.29, 0.717) is 5.56 Å². The van der Waals surface area contributed by atoms with E-state index in [1.807, 2.05) is 0 Å². The summed E-state index contributed by atoms with van der Waals surface area (Å²) in [5.74, 6) is -0.148. The molecule has 21 heavy (non-hydrogen) atoms. The lowest BCUT2D eigenvalue weighted by molar-refractivity contribution is 0.587. The number of thiazole rings is 1. The van der Waals surface area contributed by atoms with Gasteiger partial charge in [0.25, 0.3) is 0 Å². The van der Waals surface area contributed by atoms with Crippen LogP contribution in [-0.4, -0.2) is 23.7 Å². The molecule has 1 aromatic heterocycles. The summed E-state index contributed by atoms with van der Waals surface area (Å²) in [5.41, 5.74) is 6.78. The van der Waals surface area contributed by atoms with Crippen LogP contribution < -0.4 is 10.6 Å². The van der Waals surface area contributed by atoms with E-state index in [1.54, 1.807) is 24.4 Å². The van der Waals surface area contributed by atoms with E-state index < -0.39 is 9.84 Å². The lowest BCUT2D eigenvalue weighted by atomic mass is 10.2. The molecule has 0 atom stereocenters. The summed E-state index contributed by atoms with van der Waals surface area (Å²) in [6, 6.07) is 6.22. The first kappa shape index (κ1) is 15.9. The summed E-state index contributed by atoms with van der Waals surface area (Å²) in [6.07, 6.45) is 0. The van der Waals surface area contributed by atoms with Crippen molar-refractivity contribution in [2.75, 3.05) is 5.75 Å². The molecule has 8 heteroatoms. The van der Waals surface area contributed by atoms with Crippen LogP contribution in [0.25, 0.3) is 0 Å². The van der Waals surface area contributed by atoms with Crippen molar-refractivity contribution in [1.82, 2.24) is 4.57 Å². The van der Waals surface area contributed by atoms with Gasteiger partial charge in [0.1, 0.15) is 4.99 Å². The maximum absolute atomic E-state index is 12.3. The number of benzene rings is 1. The fourth-order valence-corrected chi connectivity index (χ4v) is 3.99. The van der Waals surface area contributed by atoms with Crippen LogP contribution >= 0.6 is 23.6 Å². The highest BCUT2D eigenvalue weighted by Crippen LogP contribution is 2.14. The highest BCUT2D eigenvalue weighted by molar-refractivity contribution is 7.91. The van der Waals surface area contributed by atoms with Crippen LogP contribution in [0, 0.1) is 6.92 Å². The molecule has 5 nitrogen and oxygen atoms in total. The first-order chi connectivity index (χ1) is 9.81. The minimum Gasteiger partial charge on any atom is -0.389 e. The van der Waals surface area contributed by atoms with Crippen LogP contribution in [0.4, 0.5) is 0 Å². The highest BCUT2D eigenvalue weighted by atomic mass is 32.2. The second kappa shape index (κ2) is 6.08. The van der Waals surface area contributed by atoms with E-state index in [0.717, 1.165) is 17.0 Å². The molecule has 0 aliphatic rings. The number of nitrogens with two attached hydrogens (primary N) is 1. The van der Waals surface area contributed by atoms with E-state index in [1.165, 1.54) is 16.7 Å². The third-order valence-corrected chi connectivity index (χ3v) is 5.85. The van der Waals surface area contributed by atoms with Crippen molar-refractivity contribution < 1.29 is 8.42 Å². The van der Waals surface area contributed by atoms with Gasteiger partial charge in [-0.15, -0.1) is 0 Å². The van der Waals surface area contributed by atoms with Gasteiger partial charge in [-0.1, -0.05) is 35.7 Å².